The van der Waals surface area contributed by atoms with Crippen LogP contribution in [0, 0.1) is 6.92 Å². The number of nitrogens with zero attached hydrogens (tertiary/aromatic N) is 5. The Hall–Kier alpha value is -3.02. The molecule has 184 valence electrons. The normalized spacial score (nSPS) is 14.3. The fourth-order valence-electron chi connectivity index (χ4n) is 4.47. The number of aryl methyl sites for hydroxylation is 2. The average Bonchev–Trinajstić information content (AvgIpc) is 3.63. The van der Waals surface area contributed by atoms with Gasteiger partial charge in [0.25, 0.3) is 11.8 Å². The van der Waals surface area contributed by atoms with Gasteiger partial charge in [0, 0.05) is 44.1 Å². The van der Waals surface area contributed by atoms with Crippen molar-refractivity contribution in [2.24, 2.45) is 7.05 Å². The lowest BCUT2D eigenvalue weighted by molar-refractivity contribution is 0.0950. The van der Waals surface area contributed by atoms with Gasteiger partial charge >= 0.3 is 0 Å². The van der Waals surface area contributed by atoms with Gasteiger partial charge in [-0.15, -0.1) is 22.7 Å². The summed E-state index contributed by atoms with van der Waals surface area (Å²) in [7, 11) is 4.00. The molecule has 2 amide bonds. The maximum atomic E-state index is 13.1. The van der Waals surface area contributed by atoms with Crippen molar-refractivity contribution in [2.45, 2.75) is 38.6 Å². The van der Waals surface area contributed by atoms with Gasteiger partial charge in [0.2, 0.25) is 0 Å². The number of hydrogen-bond donors (Lipinski definition) is 2. The quantitative estimate of drug-likeness (QED) is 0.372. The van der Waals surface area contributed by atoms with Crippen molar-refractivity contribution in [2.75, 3.05) is 25.5 Å². The first-order chi connectivity index (χ1) is 16.9. The second-order valence-electron chi connectivity index (χ2n) is 9.06. The summed E-state index contributed by atoms with van der Waals surface area (Å²) in [5, 5.41) is 15.2. The minimum Gasteiger partial charge on any atom is -0.350 e. The van der Waals surface area contributed by atoms with Crippen LogP contribution in [0.2, 0.25) is 0 Å². The predicted molar refractivity (Wildman–Crippen MR) is 139 cm³/mol. The van der Waals surface area contributed by atoms with Crippen molar-refractivity contribution in [3.05, 3.63) is 46.9 Å². The fraction of sp³-hybridized carbons (Fsp3) is 0.417. The third-order valence-electron chi connectivity index (χ3n) is 6.50. The van der Waals surface area contributed by atoms with Crippen LogP contribution in [-0.4, -0.2) is 62.3 Å². The zero-order valence-electron chi connectivity index (χ0n) is 20.1. The van der Waals surface area contributed by atoms with Crippen LogP contribution in [0.3, 0.4) is 0 Å². The van der Waals surface area contributed by atoms with Crippen LogP contribution in [0.15, 0.2) is 30.9 Å². The highest BCUT2D eigenvalue weighted by molar-refractivity contribution is 7.21. The number of aromatic nitrogens is 4. The molecule has 4 aromatic rings. The fourth-order valence-corrected chi connectivity index (χ4v) is 6.49. The monoisotopic (exact) mass is 511 g/mol. The first kappa shape index (κ1) is 23.7. The molecule has 5 rings (SSSR count). The van der Waals surface area contributed by atoms with Crippen molar-refractivity contribution in [3.63, 3.8) is 0 Å². The molecule has 0 aliphatic heterocycles. The third-order valence-corrected chi connectivity index (χ3v) is 8.81. The summed E-state index contributed by atoms with van der Waals surface area (Å²) in [6.45, 7) is 3.34. The summed E-state index contributed by atoms with van der Waals surface area (Å²) in [6, 6.07) is 2.46. The number of thiazole rings is 1. The van der Waals surface area contributed by atoms with E-state index in [1.54, 1.807) is 21.6 Å². The number of likely N-dealkylation sites (N-methyl/N-ethyl adjacent to an activating group) is 1. The molecular weight excluding hydrogens is 482 g/mol. The average molecular weight is 512 g/mol. The molecular formula is C24H29N7O2S2. The minimum absolute atomic E-state index is 0.106. The Morgan fingerprint density at radius 3 is 2.69 bits per heavy atom. The van der Waals surface area contributed by atoms with E-state index in [9.17, 15) is 9.59 Å². The maximum absolute atomic E-state index is 13.1. The highest BCUT2D eigenvalue weighted by Gasteiger charge is 2.21. The number of carbonyl (C=O) groups is 2. The van der Waals surface area contributed by atoms with E-state index in [-0.39, 0.29) is 11.8 Å². The molecule has 4 aromatic heterocycles. The van der Waals surface area contributed by atoms with Gasteiger partial charge in [0.1, 0.15) is 4.83 Å². The summed E-state index contributed by atoms with van der Waals surface area (Å²) in [6.07, 6.45) is 12.3. The Morgan fingerprint density at radius 2 is 1.94 bits per heavy atom. The summed E-state index contributed by atoms with van der Waals surface area (Å²) in [5.74, 6) is -0.347. The smallest absolute Gasteiger partial charge is 0.261 e. The minimum atomic E-state index is -0.241. The van der Waals surface area contributed by atoms with Crippen LogP contribution in [0.5, 0.6) is 0 Å². The molecule has 1 aliphatic carbocycles. The summed E-state index contributed by atoms with van der Waals surface area (Å²) in [4.78, 5) is 30.4. The molecule has 0 saturated heterocycles. The molecule has 1 aliphatic rings. The summed E-state index contributed by atoms with van der Waals surface area (Å²) >= 11 is 2.79. The van der Waals surface area contributed by atoms with Gasteiger partial charge in [-0.05, 0) is 38.4 Å². The number of nitrogens with one attached hydrogen (secondary N) is 2. The van der Waals surface area contributed by atoms with E-state index in [0.717, 1.165) is 27.4 Å². The van der Waals surface area contributed by atoms with E-state index < -0.39 is 0 Å². The molecule has 4 heterocycles. The first-order valence-corrected chi connectivity index (χ1v) is 13.4. The number of hydrogen-bond acceptors (Lipinski definition) is 7. The Kier molecular flexibility index (Phi) is 6.72. The van der Waals surface area contributed by atoms with Crippen LogP contribution in [0.1, 0.15) is 51.3 Å². The number of rotatable bonds is 8. The standard InChI is InChI=1S/C24H29N7O2S2/c1-15-10-19(22(33)25-8-9-29(2)17-6-4-5-7-17)34-23(15)28-21(32)18-12-27-31-14-20(35-24(18)31)16-11-26-30(3)13-16/h10-14,17H,4-9H2,1-3H3,(H,25,33)(H,28,32). The molecule has 2 N–H and O–H groups in total. The van der Waals surface area contributed by atoms with Gasteiger partial charge in [-0.1, -0.05) is 12.8 Å². The van der Waals surface area contributed by atoms with E-state index in [4.69, 9.17) is 0 Å². The largest absolute Gasteiger partial charge is 0.350 e. The van der Waals surface area contributed by atoms with Gasteiger partial charge in [0.05, 0.1) is 32.7 Å². The van der Waals surface area contributed by atoms with E-state index in [2.05, 4.69) is 32.8 Å². The topological polar surface area (TPSA) is 96.6 Å². The molecule has 1 fully saturated rings. The first-order valence-electron chi connectivity index (χ1n) is 11.8. The lowest BCUT2D eigenvalue weighted by Crippen LogP contribution is -2.37. The number of anilines is 1. The maximum Gasteiger partial charge on any atom is 0.261 e. The van der Waals surface area contributed by atoms with Crippen molar-refractivity contribution in [1.29, 1.82) is 0 Å². The molecule has 0 radical (unpaired) electrons. The molecule has 9 nitrogen and oxygen atoms in total. The van der Waals surface area contributed by atoms with Crippen molar-refractivity contribution in [1.82, 2.24) is 29.6 Å². The number of thiophene rings is 1. The predicted octanol–water partition coefficient (Wildman–Crippen LogP) is 4.02. The van der Waals surface area contributed by atoms with E-state index in [0.29, 0.717) is 28.0 Å². The van der Waals surface area contributed by atoms with Gasteiger partial charge in [0.15, 0.2) is 0 Å². The Morgan fingerprint density at radius 1 is 1.14 bits per heavy atom. The van der Waals surface area contributed by atoms with Crippen molar-refractivity contribution in [3.8, 4) is 10.4 Å². The van der Waals surface area contributed by atoms with E-state index in [1.165, 1.54) is 48.4 Å². The van der Waals surface area contributed by atoms with Crippen LogP contribution in [0.25, 0.3) is 15.3 Å². The van der Waals surface area contributed by atoms with E-state index >= 15 is 0 Å². The molecule has 0 atom stereocenters. The SMILES string of the molecule is Cc1cc(C(=O)NCCN(C)C2CCCC2)sc1NC(=O)c1cnn2cc(-c3cnn(C)c3)sc12. The molecule has 11 heteroatoms. The molecule has 0 spiro atoms. The zero-order valence-corrected chi connectivity index (χ0v) is 21.7. The molecule has 35 heavy (non-hydrogen) atoms. The summed E-state index contributed by atoms with van der Waals surface area (Å²) < 4.78 is 3.46. The molecule has 0 unspecified atom stereocenters. The Bertz CT molecular complexity index is 1360. The highest BCUT2D eigenvalue weighted by Crippen LogP contribution is 2.32. The number of fused-ring (bicyclic) bond motifs is 1. The second kappa shape index (κ2) is 9.92. The van der Waals surface area contributed by atoms with Gasteiger partial charge < -0.3 is 15.5 Å². The Balaban J connectivity index is 1.22. The molecule has 0 bridgehead atoms. The van der Waals surface area contributed by atoms with Gasteiger partial charge in [-0.25, -0.2) is 4.52 Å². The van der Waals surface area contributed by atoms with Crippen LogP contribution in [0.4, 0.5) is 5.00 Å². The van der Waals surface area contributed by atoms with Crippen LogP contribution in [-0.2, 0) is 7.05 Å². The lowest BCUT2D eigenvalue weighted by Gasteiger charge is -2.23. The zero-order chi connectivity index (χ0) is 24.5. The number of carbonyl (C=O) groups excluding carboxylic acids is 2. The number of amides is 2. The van der Waals surface area contributed by atoms with Crippen molar-refractivity contribution >= 4 is 44.3 Å². The molecule has 1 saturated carbocycles. The highest BCUT2D eigenvalue weighted by atomic mass is 32.1. The summed E-state index contributed by atoms with van der Waals surface area (Å²) in [5.41, 5.74) is 2.34. The van der Waals surface area contributed by atoms with Gasteiger partial charge in [-0.2, -0.15) is 10.2 Å². The third kappa shape index (κ3) is 5.02. The van der Waals surface area contributed by atoms with Crippen LogP contribution < -0.4 is 10.6 Å². The molecule has 0 aromatic carbocycles. The van der Waals surface area contributed by atoms with Gasteiger partial charge in [-0.3, -0.25) is 14.3 Å². The van der Waals surface area contributed by atoms with E-state index in [1.807, 2.05) is 32.4 Å². The van der Waals surface area contributed by atoms with Crippen molar-refractivity contribution < 1.29 is 9.59 Å². The Labute approximate surface area is 211 Å². The lowest BCUT2D eigenvalue weighted by atomic mass is 10.2. The second-order valence-corrected chi connectivity index (χ2v) is 11.1. The van der Waals surface area contributed by atoms with Crippen LogP contribution >= 0.6 is 22.7 Å².